The van der Waals surface area contributed by atoms with Crippen molar-refractivity contribution in [1.29, 1.82) is 0 Å². The van der Waals surface area contributed by atoms with Gasteiger partial charge in [-0.1, -0.05) is 0 Å². The van der Waals surface area contributed by atoms with Gasteiger partial charge in [0.25, 0.3) is 5.91 Å². The van der Waals surface area contributed by atoms with E-state index in [1.54, 1.807) is 12.3 Å². The number of nitrogens with zero attached hydrogens (tertiary/aromatic N) is 5. The van der Waals surface area contributed by atoms with Crippen LogP contribution in [0.4, 0.5) is 24.5 Å². The fourth-order valence-electron chi connectivity index (χ4n) is 3.85. The lowest BCUT2D eigenvalue weighted by Gasteiger charge is -2.35. The average Bonchev–Trinajstić information content (AvgIpc) is 2.86. The Morgan fingerprint density at radius 2 is 2.03 bits per heavy atom. The van der Waals surface area contributed by atoms with Gasteiger partial charge in [-0.2, -0.15) is 18.3 Å². The van der Waals surface area contributed by atoms with E-state index in [0.717, 1.165) is 17.4 Å². The lowest BCUT2D eigenvalue weighted by Crippen LogP contribution is -2.44. The molecule has 4 rings (SSSR count). The van der Waals surface area contributed by atoms with Crippen LogP contribution in [0.25, 0.3) is 11.1 Å². The Morgan fingerprint density at radius 3 is 2.75 bits per heavy atom. The van der Waals surface area contributed by atoms with Crippen LogP contribution in [0, 0.1) is 6.92 Å². The molecule has 36 heavy (non-hydrogen) atoms. The Morgan fingerprint density at radius 1 is 1.22 bits per heavy atom. The standard InChI is InChI=1S/C24H25F3N6O3/c1-4-36-23-20(33-5-6-35-13-14(33)2)7-16(10-29-23)19-9-18(12-28-15(19)3)31-22(34)17-8-21(24(25,26)27)32-30-11-17/h7-12,14H,4-6,13H2,1-3H3,(H,31,34). The number of amides is 1. The normalized spacial score (nSPS) is 16.1. The van der Waals surface area contributed by atoms with E-state index in [0.29, 0.717) is 55.3 Å². The van der Waals surface area contributed by atoms with Crippen molar-refractivity contribution in [2.45, 2.75) is 33.0 Å². The van der Waals surface area contributed by atoms with Gasteiger partial charge in [-0.05, 0) is 39.0 Å². The molecule has 190 valence electrons. The first kappa shape index (κ1) is 25.3. The molecule has 3 aromatic heterocycles. The number of ether oxygens (including phenoxy) is 2. The highest BCUT2D eigenvalue weighted by molar-refractivity contribution is 6.04. The summed E-state index contributed by atoms with van der Waals surface area (Å²) in [5.41, 5.74) is 1.74. The van der Waals surface area contributed by atoms with Crippen molar-refractivity contribution in [2.24, 2.45) is 0 Å². The smallest absolute Gasteiger partial charge is 0.435 e. The molecule has 9 nitrogen and oxygen atoms in total. The van der Waals surface area contributed by atoms with Crippen LogP contribution in [0.1, 0.15) is 35.6 Å². The SMILES string of the molecule is CCOc1ncc(-c2cc(NC(=O)c3cnnc(C(F)(F)F)c3)cnc2C)cc1N1CCOCC1C. The van der Waals surface area contributed by atoms with Crippen molar-refractivity contribution in [3.63, 3.8) is 0 Å². The van der Waals surface area contributed by atoms with Crippen molar-refractivity contribution >= 4 is 17.3 Å². The molecule has 3 aromatic rings. The number of hydrogen-bond acceptors (Lipinski definition) is 8. The maximum Gasteiger partial charge on any atom is 0.435 e. The predicted octanol–water partition coefficient (Wildman–Crippen LogP) is 4.14. The molecule has 1 aliphatic rings. The number of halogens is 3. The number of morpholine rings is 1. The molecule has 4 heterocycles. The first-order chi connectivity index (χ1) is 17.2. The van der Waals surface area contributed by atoms with Crippen LogP contribution in [-0.4, -0.2) is 58.5 Å². The number of nitrogens with one attached hydrogen (secondary N) is 1. The van der Waals surface area contributed by atoms with Gasteiger partial charge in [-0.3, -0.25) is 9.78 Å². The molecule has 1 aliphatic heterocycles. The van der Waals surface area contributed by atoms with Crippen molar-refractivity contribution in [2.75, 3.05) is 36.6 Å². The second-order valence-corrected chi connectivity index (χ2v) is 8.24. The van der Waals surface area contributed by atoms with Crippen molar-refractivity contribution < 1.29 is 27.4 Å². The molecule has 0 aliphatic carbocycles. The molecule has 1 atom stereocenters. The number of carbonyl (C=O) groups is 1. The molecular weight excluding hydrogens is 477 g/mol. The molecule has 12 heteroatoms. The molecule has 0 bridgehead atoms. The van der Waals surface area contributed by atoms with Gasteiger partial charge >= 0.3 is 6.18 Å². The molecular formula is C24H25F3N6O3. The maximum atomic E-state index is 12.9. The summed E-state index contributed by atoms with van der Waals surface area (Å²) in [5.74, 6) is -0.254. The van der Waals surface area contributed by atoms with Crippen LogP contribution < -0.4 is 15.0 Å². The highest BCUT2D eigenvalue weighted by Crippen LogP contribution is 2.35. The maximum absolute atomic E-state index is 12.9. The summed E-state index contributed by atoms with van der Waals surface area (Å²) in [7, 11) is 0. The predicted molar refractivity (Wildman–Crippen MR) is 126 cm³/mol. The summed E-state index contributed by atoms with van der Waals surface area (Å²) in [5, 5.41) is 8.92. The number of anilines is 2. The Balaban J connectivity index is 1.65. The fraction of sp³-hybridized carbons (Fsp3) is 0.375. The summed E-state index contributed by atoms with van der Waals surface area (Å²) < 4.78 is 50.1. The van der Waals surface area contributed by atoms with Crippen LogP contribution in [0.15, 0.2) is 36.8 Å². The van der Waals surface area contributed by atoms with Gasteiger partial charge in [0.1, 0.15) is 5.69 Å². The van der Waals surface area contributed by atoms with E-state index in [1.807, 2.05) is 19.9 Å². The number of carbonyl (C=O) groups excluding carboxylic acids is 1. The van der Waals surface area contributed by atoms with Gasteiger partial charge < -0.3 is 19.7 Å². The second-order valence-electron chi connectivity index (χ2n) is 8.24. The van der Waals surface area contributed by atoms with Gasteiger partial charge in [-0.15, -0.1) is 5.10 Å². The summed E-state index contributed by atoms with van der Waals surface area (Å²) >= 11 is 0. The van der Waals surface area contributed by atoms with Crippen molar-refractivity contribution in [1.82, 2.24) is 20.2 Å². The molecule has 1 amide bonds. The summed E-state index contributed by atoms with van der Waals surface area (Å²) in [4.78, 5) is 23.7. The van der Waals surface area contributed by atoms with E-state index in [-0.39, 0.29) is 11.6 Å². The third-order valence-corrected chi connectivity index (χ3v) is 5.65. The van der Waals surface area contributed by atoms with E-state index >= 15 is 0 Å². The summed E-state index contributed by atoms with van der Waals surface area (Å²) in [6, 6.07) is 4.42. The number of aromatic nitrogens is 4. The highest BCUT2D eigenvalue weighted by atomic mass is 19.4. The number of rotatable bonds is 6. The van der Waals surface area contributed by atoms with Crippen LogP contribution in [-0.2, 0) is 10.9 Å². The summed E-state index contributed by atoms with van der Waals surface area (Å²) in [6.07, 6.45) is -0.641. The molecule has 1 fully saturated rings. The average molecular weight is 502 g/mol. The minimum absolute atomic E-state index is 0.121. The number of alkyl halides is 3. The minimum Gasteiger partial charge on any atom is -0.476 e. The lowest BCUT2D eigenvalue weighted by molar-refractivity contribution is -0.141. The second kappa shape index (κ2) is 10.4. The number of aryl methyl sites for hydroxylation is 1. The lowest BCUT2D eigenvalue weighted by atomic mass is 10.0. The number of pyridine rings is 2. The van der Waals surface area contributed by atoms with E-state index in [9.17, 15) is 18.0 Å². The molecule has 0 spiro atoms. The van der Waals surface area contributed by atoms with E-state index in [4.69, 9.17) is 9.47 Å². The van der Waals surface area contributed by atoms with Gasteiger partial charge in [0.05, 0.1) is 43.5 Å². The minimum atomic E-state index is -4.71. The zero-order valence-electron chi connectivity index (χ0n) is 20.0. The monoisotopic (exact) mass is 502 g/mol. The summed E-state index contributed by atoms with van der Waals surface area (Å²) in [6.45, 7) is 8.07. The topological polar surface area (TPSA) is 102 Å². The molecule has 0 radical (unpaired) electrons. The molecule has 0 aromatic carbocycles. The van der Waals surface area contributed by atoms with Crippen LogP contribution in [0.3, 0.4) is 0 Å². The zero-order valence-corrected chi connectivity index (χ0v) is 20.0. The Bertz CT molecular complexity index is 1250. The third kappa shape index (κ3) is 5.54. The molecule has 1 saturated heterocycles. The molecule has 1 unspecified atom stereocenters. The number of hydrogen-bond donors (Lipinski definition) is 1. The van der Waals surface area contributed by atoms with Gasteiger partial charge in [0, 0.05) is 35.6 Å². The van der Waals surface area contributed by atoms with Gasteiger partial charge in [-0.25, -0.2) is 4.98 Å². The Kier molecular flexibility index (Phi) is 7.34. The van der Waals surface area contributed by atoms with Gasteiger partial charge in [0.2, 0.25) is 5.88 Å². The first-order valence-electron chi connectivity index (χ1n) is 11.3. The Hall–Kier alpha value is -3.80. The van der Waals surface area contributed by atoms with Crippen LogP contribution >= 0.6 is 0 Å². The van der Waals surface area contributed by atoms with Crippen LogP contribution in [0.2, 0.25) is 0 Å². The van der Waals surface area contributed by atoms with E-state index in [2.05, 4.69) is 37.3 Å². The van der Waals surface area contributed by atoms with Crippen molar-refractivity contribution in [3.8, 4) is 17.0 Å². The first-order valence-corrected chi connectivity index (χ1v) is 11.3. The van der Waals surface area contributed by atoms with E-state index < -0.39 is 17.8 Å². The third-order valence-electron chi connectivity index (χ3n) is 5.65. The van der Waals surface area contributed by atoms with Crippen molar-refractivity contribution in [3.05, 3.63) is 53.7 Å². The van der Waals surface area contributed by atoms with E-state index in [1.165, 1.54) is 6.20 Å². The fourth-order valence-corrected chi connectivity index (χ4v) is 3.85. The highest BCUT2D eigenvalue weighted by Gasteiger charge is 2.33. The quantitative estimate of drug-likeness (QED) is 0.537. The molecule has 1 N–H and O–H groups in total. The van der Waals surface area contributed by atoms with Gasteiger partial charge in [0.15, 0.2) is 5.69 Å². The van der Waals surface area contributed by atoms with Crippen LogP contribution in [0.5, 0.6) is 5.88 Å². The Labute approximate surface area is 205 Å². The largest absolute Gasteiger partial charge is 0.476 e. The zero-order chi connectivity index (χ0) is 25.9. The molecule has 0 saturated carbocycles.